The molecule has 3 heteroatoms. The maximum absolute atomic E-state index is 13.0. The van der Waals surface area contributed by atoms with Gasteiger partial charge in [-0.3, -0.25) is 4.79 Å². The van der Waals surface area contributed by atoms with E-state index in [-0.39, 0.29) is 11.7 Å². The molecule has 1 fully saturated rings. The van der Waals surface area contributed by atoms with Gasteiger partial charge in [0.1, 0.15) is 5.82 Å². The zero-order chi connectivity index (χ0) is 13.0. The highest BCUT2D eigenvalue weighted by Crippen LogP contribution is 2.16. The molecule has 1 aromatic carbocycles. The van der Waals surface area contributed by atoms with Crippen LogP contribution in [0.4, 0.5) is 4.39 Å². The minimum absolute atomic E-state index is 0.0504. The van der Waals surface area contributed by atoms with E-state index in [1.807, 2.05) is 4.90 Å². The number of rotatable bonds is 1. The van der Waals surface area contributed by atoms with E-state index < -0.39 is 0 Å². The highest BCUT2D eigenvalue weighted by Gasteiger charge is 2.18. The van der Waals surface area contributed by atoms with Gasteiger partial charge >= 0.3 is 0 Å². The lowest BCUT2D eigenvalue weighted by molar-refractivity contribution is 0.0741. The third kappa shape index (κ3) is 3.09. The highest BCUT2D eigenvalue weighted by molar-refractivity contribution is 5.95. The number of amides is 1. The van der Waals surface area contributed by atoms with Gasteiger partial charge in [0.25, 0.3) is 5.91 Å². The summed E-state index contributed by atoms with van der Waals surface area (Å²) in [4.78, 5) is 14.3. The molecule has 2 rings (SSSR count). The number of halogens is 1. The first-order valence-electron chi connectivity index (χ1n) is 6.74. The largest absolute Gasteiger partial charge is 0.339 e. The van der Waals surface area contributed by atoms with Crippen molar-refractivity contribution < 1.29 is 9.18 Å². The van der Waals surface area contributed by atoms with Crippen LogP contribution < -0.4 is 0 Å². The predicted octanol–water partition coefficient (Wildman–Crippen LogP) is 3.54. The third-order valence-corrected chi connectivity index (χ3v) is 3.56. The summed E-state index contributed by atoms with van der Waals surface area (Å²) >= 11 is 0. The van der Waals surface area contributed by atoms with E-state index >= 15 is 0 Å². The molecule has 0 aliphatic carbocycles. The van der Waals surface area contributed by atoms with Crippen LogP contribution in [-0.2, 0) is 0 Å². The Morgan fingerprint density at radius 1 is 1.11 bits per heavy atom. The summed E-state index contributed by atoms with van der Waals surface area (Å²) in [6.45, 7) is 3.45. The molecule has 0 bridgehead atoms. The van der Waals surface area contributed by atoms with Crippen molar-refractivity contribution in [3.63, 3.8) is 0 Å². The normalized spacial score (nSPS) is 17.1. The maximum atomic E-state index is 13.0. The van der Waals surface area contributed by atoms with Crippen molar-refractivity contribution in [1.82, 2.24) is 4.90 Å². The first kappa shape index (κ1) is 13.1. The van der Waals surface area contributed by atoms with Crippen molar-refractivity contribution in [2.45, 2.75) is 39.0 Å². The molecule has 1 saturated heterocycles. The Morgan fingerprint density at radius 2 is 1.72 bits per heavy atom. The molecule has 1 aliphatic heterocycles. The van der Waals surface area contributed by atoms with Crippen LogP contribution in [0.15, 0.2) is 18.2 Å². The zero-order valence-corrected chi connectivity index (χ0v) is 10.9. The van der Waals surface area contributed by atoms with Crippen molar-refractivity contribution in [3.05, 3.63) is 35.1 Å². The fourth-order valence-electron chi connectivity index (χ4n) is 2.49. The third-order valence-electron chi connectivity index (χ3n) is 3.56. The van der Waals surface area contributed by atoms with E-state index in [0.717, 1.165) is 31.5 Å². The molecule has 1 amide bonds. The topological polar surface area (TPSA) is 20.3 Å². The molecule has 0 aromatic heterocycles. The Hall–Kier alpha value is -1.38. The minimum atomic E-state index is -0.281. The smallest absolute Gasteiger partial charge is 0.254 e. The SMILES string of the molecule is Cc1cc(F)ccc1C(=O)N1CCCCCCC1. The van der Waals surface area contributed by atoms with E-state index in [2.05, 4.69) is 0 Å². The van der Waals surface area contributed by atoms with Gasteiger partial charge in [-0.2, -0.15) is 0 Å². The van der Waals surface area contributed by atoms with Gasteiger partial charge in [0, 0.05) is 18.7 Å². The van der Waals surface area contributed by atoms with Crippen LogP contribution in [0.5, 0.6) is 0 Å². The minimum Gasteiger partial charge on any atom is -0.339 e. The number of carbonyl (C=O) groups is 1. The zero-order valence-electron chi connectivity index (χ0n) is 10.9. The number of likely N-dealkylation sites (tertiary alicyclic amines) is 1. The van der Waals surface area contributed by atoms with Crippen molar-refractivity contribution in [1.29, 1.82) is 0 Å². The van der Waals surface area contributed by atoms with Crippen LogP contribution in [0.1, 0.15) is 48.0 Å². The average Bonchev–Trinajstić information content (AvgIpc) is 2.27. The molecule has 1 aliphatic rings. The quantitative estimate of drug-likeness (QED) is 0.745. The summed E-state index contributed by atoms with van der Waals surface area (Å²) in [5.74, 6) is -0.230. The maximum Gasteiger partial charge on any atom is 0.254 e. The van der Waals surface area contributed by atoms with E-state index in [4.69, 9.17) is 0 Å². The second-order valence-corrected chi connectivity index (χ2v) is 5.02. The van der Waals surface area contributed by atoms with Crippen molar-refractivity contribution in [2.24, 2.45) is 0 Å². The molecule has 1 aromatic rings. The van der Waals surface area contributed by atoms with Crippen molar-refractivity contribution in [2.75, 3.05) is 13.1 Å². The molecule has 0 saturated carbocycles. The fourth-order valence-corrected chi connectivity index (χ4v) is 2.49. The van der Waals surface area contributed by atoms with E-state index in [1.54, 1.807) is 13.0 Å². The van der Waals surface area contributed by atoms with Crippen LogP contribution in [0.3, 0.4) is 0 Å². The number of nitrogens with zero attached hydrogens (tertiary/aromatic N) is 1. The number of hydrogen-bond donors (Lipinski definition) is 0. The molecule has 0 N–H and O–H groups in total. The van der Waals surface area contributed by atoms with Gasteiger partial charge in [0.2, 0.25) is 0 Å². The van der Waals surface area contributed by atoms with Gasteiger partial charge < -0.3 is 4.90 Å². The summed E-state index contributed by atoms with van der Waals surface area (Å²) in [6.07, 6.45) is 5.83. The Kier molecular flexibility index (Phi) is 4.34. The van der Waals surface area contributed by atoms with Crippen LogP contribution >= 0.6 is 0 Å². The van der Waals surface area contributed by atoms with Gasteiger partial charge in [-0.05, 0) is 43.5 Å². The van der Waals surface area contributed by atoms with E-state index in [9.17, 15) is 9.18 Å². The summed E-state index contributed by atoms with van der Waals surface area (Å²) in [5, 5.41) is 0. The Labute approximate surface area is 108 Å². The van der Waals surface area contributed by atoms with Gasteiger partial charge in [-0.25, -0.2) is 4.39 Å². The number of benzene rings is 1. The molecule has 2 nitrogen and oxygen atoms in total. The summed E-state index contributed by atoms with van der Waals surface area (Å²) in [6, 6.07) is 4.40. The van der Waals surface area contributed by atoms with Gasteiger partial charge in [0.15, 0.2) is 0 Å². The molecule has 98 valence electrons. The number of carbonyl (C=O) groups excluding carboxylic acids is 1. The van der Waals surface area contributed by atoms with Crippen LogP contribution in [-0.4, -0.2) is 23.9 Å². The Bertz CT molecular complexity index is 423. The molecule has 0 unspecified atom stereocenters. The number of hydrogen-bond acceptors (Lipinski definition) is 1. The molecular formula is C15H20FNO. The van der Waals surface area contributed by atoms with Crippen LogP contribution in [0.2, 0.25) is 0 Å². The monoisotopic (exact) mass is 249 g/mol. The fraction of sp³-hybridized carbons (Fsp3) is 0.533. The number of aryl methyl sites for hydroxylation is 1. The van der Waals surface area contributed by atoms with E-state index in [1.165, 1.54) is 31.4 Å². The Balaban J connectivity index is 2.13. The van der Waals surface area contributed by atoms with Gasteiger partial charge in [-0.1, -0.05) is 19.3 Å². The van der Waals surface area contributed by atoms with E-state index in [0.29, 0.717) is 5.56 Å². The summed E-state index contributed by atoms with van der Waals surface area (Å²) in [5.41, 5.74) is 1.36. The lowest BCUT2D eigenvalue weighted by Gasteiger charge is -2.25. The first-order chi connectivity index (χ1) is 8.68. The van der Waals surface area contributed by atoms with Crippen LogP contribution in [0, 0.1) is 12.7 Å². The molecular weight excluding hydrogens is 229 g/mol. The molecule has 1 heterocycles. The summed E-state index contributed by atoms with van der Waals surface area (Å²) in [7, 11) is 0. The van der Waals surface area contributed by atoms with Gasteiger partial charge in [0.05, 0.1) is 0 Å². The second kappa shape index (κ2) is 5.98. The summed E-state index contributed by atoms with van der Waals surface area (Å²) < 4.78 is 13.0. The predicted molar refractivity (Wildman–Crippen MR) is 70.1 cm³/mol. The average molecular weight is 249 g/mol. The van der Waals surface area contributed by atoms with Gasteiger partial charge in [-0.15, -0.1) is 0 Å². The van der Waals surface area contributed by atoms with Crippen molar-refractivity contribution >= 4 is 5.91 Å². The first-order valence-corrected chi connectivity index (χ1v) is 6.74. The lowest BCUT2D eigenvalue weighted by Crippen LogP contribution is -2.34. The lowest BCUT2D eigenvalue weighted by atomic mass is 10.0. The van der Waals surface area contributed by atoms with Crippen LogP contribution in [0.25, 0.3) is 0 Å². The molecule has 0 atom stereocenters. The Morgan fingerprint density at radius 3 is 2.33 bits per heavy atom. The molecule has 18 heavy (non-hydrogen) atoms. The standard InChI is InChI=1S/C15H20FNO/c1-12-11-13(16)7-8-14(12)15(18)17-9-5-3-2-4-6-10-17/h7-8,11H,2-6,9-10H2,1H3. The molecule has 0 spiro atoms. The second-order valence-electron chi connectivity index (χ2n) is 5.02. The molecule has 0 radical (unpaired) electrons. The van der Waals surface area contributed by atoms with Crippen molar-refractivity contribution in [3.8, 4) is 0 Å². The highest BCUT2D eigenvalue weighted by atomic mass is 19.1.